The summed E-state index contributed by atoms with van der Waals surface area (Å²) in [6.07, 6.45) is 1.92. The summed E-state index contributed by atoms with van der Waals surface area (Å²) in [6.45, 7) is 3.34. The van der Waals surface area contributed by atoms with Gasteiger partial charge in [0.2, 0.25) is 0 Å². The minimum absolute atomic E-state index is 0.00694. The van der Waals surface area contributed by atoms with E-state index >= 15 is 0 Å². The van der Waals surface area contributed by atoms with Gasteiger partial charge in [-0.05, 0) is 46.6 Å². The molecule has 0 saturated heterocycles. The highest BCUT2D eigenvalue weighted by Crippen LogP contribution is 2.18. The second kappa shape index (κ2) is 6.46. The van der Waals surface area contributed by atoms with Gasteiger partial charge in [0.15, 0.2) is 0 Å². The van der Waals surface area contributed by atoms with Crippen LogP contribution in [0.3, 0.4) is 0 Å². The Kier molecular flexibility index (Phi) is 4.89. The number of hydrogen-bond donors (Lipinski definition) is 0. The lowest BCUT2D eigenvalue weighted by atomic mass is 10.2. The Morgan fingerprint density at radius 2 is 2.00 bits per heavy atom. The molecule has 0 bridgehead atoms. The molecule has 2 aromatic rings. The maximum Gasteiger partial charge on any atom is 0.270 e. The van der Waals surface area contributed by atoms with E-state index in [4.69, 9.17) is 11.6 Å². The van der Waals surface area contributed by atoms with Crippen molar-refractivity contribution in [2.24, 2.45) is 0 Å². The predicted molar refractivity (Wildman–Crippen MR) is 85.1 cm³/mol. The fourth-order valence-electron chi connectivity index (χ4n) is 2.05. The molecule has 1 amide bonds. The average Bonchev–Trinajstić information content (AvgIpc) is 2.81. The number of rotatable bonds is 4. The summed E-state index contributed by atoms with van der Waals surface area (Å²) in [6, 6.07) is 9.38. The first-order valence-electron chi connectivity index (χ1n) is 6.37. The molecule has 0 N–H and O–H groups in total. The lowest BCUT2D eigenvalue weighted by Gasteiger charge is -2.18. The van der Waals surface area contributed by atoms with E-state index in [-0.39, 0.29) is 5.91 Å². The van der Waals surface area contributed by atoms with E-state index in [2.05, 4.69) is 15.9 Å². The van der Waals surface area contributed by atoms with Crippen molar-refractivity contribution in [3.63, 3.8) is 0 Å². The third-order valence-corrected chi connectivity index (χ3v) is 3.79. The molecule has 1 aromatic carbocycles. The summed E-state index contributed by atoms with van der Waals surface area (Å²) in [7, 11) is 1.80. The molecule has 3 nitrogen and oxygen atoms in total. The number of amides is 1. The number of benzene rings is 1. The highest BCUT2D eigenvalue weighted by Gasteiger charge is 2.16. The smallest absolute Gasteiger partial charge is 0.270 e. The van der Waals surface area contributed by atoms with Crippen LogP contribution in [-0.2, 0) is 13.1 Å². The third-order valence-electron chi connectivity index (χ3n) is 3.10. The molecule has 0 fully saturated rings. The number of nitrogens with zero attached hydrogens (tertiary/aromatic N) is 2. The molecule has 0 unspecified atom stereocenters. The SMILES string of the molecule is CCn1cc(Br)cc1C(=O)N(C)Cc1ccc(Cl)cc1. The molecule has 20 heavy (non-hydrogen) atoms. The first-order chi connectivity index (χ1) is 9.51. The maximum atomic E-state index is 12.5. The molecular weight excluding hydrogens is 340 g/mol. The normalized spacial score (nSPS) is 10.6. The molecular formula is C15H16BrClN2O. The standard InChI is InChI=1S/C15H16BrClN2O/c1-3-19-10-12(16)8-14(19)15(20)18(2)9-11-4-6-13(17)7-5-11/h4-8,10H,3,9H2,1-2H3. The molecule has 2 rings (SSSR count). The number of aromatic nitrogens is 1. The molecule has 106 valence electrons. The summed E-state index contributed by atoms with van der Waals surface area (Å²) >= 11 is 9.27. The van der Waals surface area contributed by atoms with Gasteiger partial charge in [-0.15, -0.1) is 0 Å². The van der Waals surface area contributed by atoms with Crippen molar-refractivity contribution in [2.45, 2.75) is 20.0 Å². The van der Waals surface area contributed by atoms with Crippen molar-refractivity contribution in [1.29, 1.82) is 0 Å². The van der Waals surface area contributed by atoms with Crippen molar-refractivity contribution in [3.05, 3.63) is 57.3 Å². The Balaban J connectivity index is 2.14. The van der Waals surface area contributed by atoms with E-state index in [1.807, 2.05) is 48.0 Å². The maximum absolute atomic E-state index is 12.5. The van der Waals surface area contributed by atoms with Crippen LogP contribution in [-0.4, -0.2) is 22.4 Å². The molecule has 0 saturated carbocycles. The Hall–Kier alpha value is -1.26. The van der Waals surface area contributed by atoms with E-state index in [9.17, 15) is 4.79 Å². The van der Waals surface area contributed by atoms with Gasteiger partial charge in [0.05, 0.1) is 0 Å². The van der Waals surface area contributed by atoms with Crippen molar-refractivity contribution >= 4 is 33.4 Å². The van der Waals surface area contributed by atoms with Gasteiger partial charge in [-0.25, -0.2) is 0 Å². The zero-order valence-electron chi connectivity index (χ0n) is 11.4. The monoisotopic (exact) mass is 354 g/mol. The minimum atomic E-state index is 0.00694. The highest BCUT2D eigenvalue weighted by molar-refractivity contribution is 9.10. The van der Waals surface area contributed by atoms with Crippen LogP contribution in [0, 0.1) is 0 Å². The van der Waals surface area contributed by atoms with E-state index in [1.165, 1.54) is 0 Å². The zero-order valence-corrected chi connectivity index (χ0v) is 13.8. The largest absolute Gasteiger partial charge is 0.343 e. The van der Waals surface area contributed by atoms with Crippen LogP contribution >= 0.6 is 27.5 Å². The second-order valence-electron chi connectivity index (χ2n) is 4.62. The molecule has 0 atom stereocenters. The van der Waals surface area contributed by atoms with Crippen LogP contribution in [0.5, 0.6) is 0 Å². The number of hydrogen-bond acceptors (Lipinski definition) is 1. The topological polar surface area (TPSA) is 25.2 Å². The van der Waals surface area contributed by atoms with Gasteiger partial charge in [0.25, 0.3) is 5.91 Å². The zero-order chi connectivity index (χ0) is 14.7. The number of halogens is 2. The highest BCUT2D eigenvalue weighted by atomic mass is 79.9. The van der Waals surface area contributed by atoms with Crippen molar-refractivity contribution in [1.82, 2.24) is 9.47 Å². The fraction of sp³-hybridized carbons (Fsp3) is 0.267. The van der Waals surface area contributed by atoms with Crippen LogP contribution in [0.25, 0.3) is 0 Å². The summed E-state index contributed by atoms with van der Waals surface area (Å²) < 4.78 is 2.85. The van der Waals surface area contributed by atoms with Crippen LogP contribution < -0.4 is 0 Å². The Bertz CT molecular complexity index is 607. The molecule has 0 spiro atoms. The van der Waals surface area contributed by atoms with Crippen LogP contribution in [0.4, 0.5) is 0 Å². The first-order valence-corrected chi connectivity index (χ1v) is 7.54. The van der Waals surface area contributed by atoms with E-state index in [0.717, 1.165) is 16.6 Å². The quantitative estimate of drug-likeness (QED) is 0.807. The van der Waals surface area contributed by atoms with Gasteiger partial charge in [0, 0.05) is 35.8 Å². The summed E-state index contributed by atoms with van der Waals surface area (Å²) in [4.78, 5) is 14.2. The number of aryl methyl sites for hydroxylation is 1. The van der Waals surface area contributed by atoms with Gasteiger partial charge in [-0.3, -0.25) is 4.79 Å². The van der Waals surface area contributed by atoms with Crippen LogP contribution in [0.1, 0.15) is 23.0 Å². The third kappa shape index (κ3) is 3.44. The molecule has 0 aliphatic carbocycles. The van der Waals surface area contributed by atoms with E-state index in [0.29, 0.717) is 17.3 Å². The van der Waals surface area contributed by atoms with E-state index in [1.54, 1.807) is 11.9 Å². The Morgan fingerprint density at radius 1 is 1.35 bits per heavy atom. The van der Waals surface area contributed by atoms with Crippen LogP contribution in [0.15, 0.2) is 41.0 Å². The molecule has 5 heteroatoms. The van der Waals surface area contributed by atoms with Gasteiger partial charge in [0.1, 0.15) is 5.69 Å². The first kappa shape index (κ1) is 15.1. The van der Waals surface area contributed by atoms with Gasteiger partial charge in [-0.2, -0.15) is 0 Å². The summed E-state index contributed by atoms with van der Waals surface area (Å²) in [5.41, 5.74) is 1.75. The Morgan fingerprint density at radius 3 is 2.60 bits per heavy atom. The number of carbonyl (C=O) groups is 1. The Labute approximate surface area is 132 Å². The average molecular weight is 356 g/mol. The fourth-order valence-corrected chi connectivity index (χ4v) is 2.64. The molecule has 0 aliphatic rings. The van der Waals surface area contributed by atoms with Crippen molar-refractivity contribution < 1.29 is 4.79 Å². The van der Waals surface area contributed by atoms with Crippen molar-refractivity contribution in [3.8, 4) is 0 Å². The molecule has 1 aromatic heterocycles. The van der Waals surface area contributed by atoms with Crippen molar-refractivity contribution in [2.75, 3.05) is 7.05 Å². The summed E-state index contributed by atoms with van der Waals surface area (Å²) in [5.74, 6) is 0.00694. The minimum Gasteiger partial charge on any atom is -0.343 e. The van der Waals surface area contributed by atoms with Gasteiger partial charge < -0.3 is 9.47 Å². The molecule has 0 aliphatic heterocycles. The van der Waals surface area contributed by atoms with E-state index < -0.39 is 0 Å². The molecule has 0 radical (unpaired) electrons. The predicted octanol–water partition coefficient (Wildman–Crippen LogP) is 4.20. The van der Waals surface area contributed by atoms with Gasteiger partial charge in [-0.1, -0.05) is 23.7 Å². The van der Waals surface area contributed by atoms with Crippen LogP contribution in [0.2, 0.25) is 5.02 Å². The summed E-state index contributed by atoms with van der Waals surface area (Å²) in [5, 5.41) is 0.700. The molecule has 1 heterocycles. The second-order valence-corrected chi connectivity index (χ2v) is 5.97. The number of carbonyl (C=O) groups excluding carboxylic acids is 1. The van der Waals surface area contributed by atoms with Gasteiger partial charge >= 0.3 is 0 Å². The lowest BCUT2D eigenvalue weighted by Crippen LogP contribution is -2.28. The lowest BCUT2D eigenvalue weighted by molar-refractivity contribution is 0.0774.